The summed E-state index contributed by atoms with van der Waals surface area (Å²) in [4.78, 5) is 0. The Kier molecular flexibility index (Phi) is 1.96. The molecule has 2 heterocycles. The summed E-state index contributed by atoms with van der Waals surface area (Å²) in [7, 11) is 2.12. The SMILES string of the molecule is CC[C@@H]1CC[C@]2(c3cccn3C)O[C@H]2C1. The number of rotatable bonds is 2. The number of ether oxygens (including phenoxy) is 1. The van der Waals surface area contributed by atoms with Crippen molar-refractivity contribution in [2.24, 2.45) is 13.0 Å². The van der Waals surface area contributed by atoms with Gasteiger partial charge < -0.3 is 9.30 Å². The molecule has 1 saturated carbocycles. The number of hydrogen-bond acceptors (Lipinski definition) is 1. The summed E-state index contributed by atoms with van der Waals surface area (Å²) in [5.41, 5.74) is 1.48. The van der Waals surface area contributed by atoms with Gasteiger partial charge in [0.25, 0.3) is 0 Å². The van der Waals surface area contributed by atoms with Crippen molar-refractivity contribution in [2.75, 3.05) is 0 Å². The molecule has 0 bridgehead atoms. The Hall–Kier alpha value is -0.760. The molecule has 1 aromatic heterocycles. The highest BCUT2D eigenvalue weighted by atomic mass is 16.6. The van der Waals surface area contributed by atoms with Crippen molar-refractivity contribution < 1.29 is 4.74 Å². The first-order valence-electron chi connectivity index (χ1n) is 6.06. The van der Waals surface area contributed by atoms with Crippen molar-refractivity contribution in [2.45, 2.75) is 44.3 Å². The third-order valence-corrected chi connectivity index (χ3v) is 4.24. The van der Waals surface area contributed by atoms with E-state index in [1.54, 1.807) is 0 Å². The number of nitrogens with zero attached hydrogens (tertiary/aromatic N) is 1. The lowest BCUT2D eigenvalue weighted by Gasteiger charge is -2.24. The molecule has 2 nitrogen and oxygen atoms in total. The van der Waals surface area contributed by atoms with E-state index >= 15 is 0 Å². The molecule has 82 valence electrons. The summed E-state index contributed by atoms with van der Waals surface area (Å²) in [6.45, 7) is 2.29. The maximum absolute atomic E-state index is 6.00. The summed E-state index contributed by atoms with van der Waals surface area (Å²) in [5.74, 6) is 0.894. The van der Waals surface area contributed by atoms with E-state index in [0.29, 0.717) is 6.10 Å². The first-order chi connectivity index (χ1) is 7.26. The lowest BCUT2D eigenvalue weighted by Crippen LogP contribution is -2.24. The Labute approximate surface area is 91.2 Å². The highest BCUT2D eigenvalue weighted by Gasteiger charge is 2.60. The molecule has 1 aliphatic carbocycles. The van der Waals surface area contributed by atoms with Crippen LogP contribution in [0.4, 0.5) is 0 Å². The van der Waals surface area contributed by atoms with Crippen molar-refractivity contribution >= 4 is 0 Å². The highest BCUT2D eigenvalue weighted by molar-refractivity contribution is 5.25. The number of fused-ring (bicyclic) bond motifs is 1. The van der Waals surface area contributed by atoms with Gasteiger partial charge in [0, 0.05) is 13.2 Å². The third kappa shape index (κ3) is 1.27. The summed E-state index contributed by atoms with van der Waals surface area (Å²) in [6, 6.07) is 4.33. The van der Waals surface area contributed by atoms with Crippen LogP contribution in [0.25, 0.3) is 0 Å². The maximum atomic E-state index is 6.00. The van der Waals surface area contributed by atoms with Crippen molar-refractivity contribution in [1.82, 2.24) is 4.57 Å². The van der Waals surface area contributed by atoms with Gasteiger partial charge in [0.1, 0.15) is 5.60 Å². The zero-order chi connectivity index (χ0) is 10.5. The summed E-state index contributed by atoms with van der Waals surface area (Å²) >= 11 is 0. The fourth-order valence-corrected chi connectivity index (χ4v) is 3.14. The van der Waals surface area contributed by atoms with Crippen LogP contribution in [0.3, 0.4) is 0 Å². The van der Waals surface area contributed by atoms with E-state index in [0.717, 1.165) is 5.92 Å². The lowest BCUT2D eigenvalue weighted by atomic mass is 9.79. The minimum Gasteiger partial charge on any atom is -0.359 e. The van der Waals surface area contributed by atoms with E-state index in [4.69, 9.17) is 4.74 Å². The first-order valence-corrected chi connectivity index (χ1v) is 6.06. The van der Waals surface area contributed by atoms with Crippen LogP contribution >= 0.6 is 0 Å². The van der Waals surface area contributed by atoms with Crippen LogP contribution in [0.15, 0.2) is 18.3 Å². The molecular weight excluding hydrogens is 186 g/mol. The van der Waals surface area contributed by atoms with Gasteiger partial charge >= 0.3 is 0 Å². The Morgan fingerprint density at radius 3 is 3.07 bits per heavy atom. The molecule has 1 aliphatic heterocycles. The van der Waals surface area contributed by atoms with Crippen LogP contribution in [-0.2, 0) is 17.4 Å². The molecule has 0 radical (unpaired) electrons. The van der Waals surface area contributed by atoms with Crippen LogP contribution in [0.2, 0.25) is 0 Å². The van der Waals surface area contributed by atoms with Gasteiger partial charge in [0.05, 0.1) is 11.8 Å². The molecular formula is C13H19NO. The van der Waals surface area contributed by atoms with E-state index < -0.39 is 0 Å². The molecule has 0 N–H and O–H groups in total. The summed E-state index contributed by atoms with van der Waals surface area (Å²) < 4.78 is 8.22. The van der Waals surface area contributed by atoms with E-state index in [1.165, 1.54) is 31.4 Å². The summed E-state index contributed by atoms with van der Waals surface area (Å²) in [6.07, 6.45) is 7.75. The van der Waals surface area contributed by atoms with E-state index in [1.807, 2.05) is 0 Å². The van der Waals surface area contributed by atoms with Crippen LogP contribution in [0.5, 0.6) is 0 Å². The van der Waals surface area contributed by atoms with Crippen molar-refractivity contribution in [1.29, 1.82) is 0 Å². The Balaban J connectivity index is 1.83. The molecule has 1 saturated heterocycles. The Morgan fingerprint density at radius 2 is 2.47 bits per heavy atom. The van der Waals surface area contributed by atoms with E-state index in [9.17, 15) is 0 Å². The molecule has 0 amide bonds. The number of aryl methyl sites for hydroxylation is 1. The molecule has 2 aliphatic rings. The van der Waals surface area contributed by atoms with Gasteiger partial charge in [-0.2, -0.15) is 0 Å². The number of hydrogen-bond donors (Lipinski definition) is 0. The van der Waals surface area contributed by atoms with Gasteiger partial charge in [0.2, 0.25) is 0 Å². The van der Waals surface area contributed by atoms with Gasteiger partial charge in [-0.15, -0.1) is 0 Å². The van der Waals surface area contributed by atoms with Crippen molar-refractivity contribution in [3.05, 3.63) is 24.0 Å². The molecule has 0 unspecified atom stereocenters. The predicted octanol–water partition coefficient (Wildman–Crippen LogP) is 2.83. The fraction of sp³-hybridized carbons (Fsp3) is 0.692. The van der Waals surface area contributed by atoms with Crippen LogP contribution < -0.4 is 0 Å². The van der Waals surface area contributed by atoms with Crippen molar-refractivity contribution in [3.63, 3.8) is 0 Å². The number of aromatic nitrogens is 1. The minimum absolute atomic E-state index is 0.101. The second kappa shape index (κ2) is 3.11. The Morgan fingerprint density at radius 1 is 1.60 bits per heavy atom. The largest absolute Gasteiger partial charge is 0.359 e. The first kappa shape index (κ1) is 9.46. The molecule has 0 aromatic carbocycles. The fourth-order valence-electron chi connectivity index (χ4n) is 3.14. The Bertz CT molecular complexity index is 370. The van der Waals surface area contributed by atoms with E-state index in [2.05, 4.69) is 36.9 Å². The van der Waals surface area contributed by atoms with Crippen LogP contribution in [0.1, 0.15) is 38.3 Å². The van der Waals surface area contributed by atoms with Crippen LogP contribution in [0, 0.1) is 5.92 Å². The summed E-state index contributed by atoms with van der Waals surface area (Å²) in [5, 5.41) is 0. The second-order valence-electron chi connectivity index (χ2n) is 5.05. The monoisotopic (exact) mass is 205 g/mol. The zero-order valence-corrected chi connectivity index (χ0v) is 9.57. The molecule has 0 spiro atoms. The van der Waals surface area contributed by atoms with E-state index in [-0.39, 0.29) is 5.60 Å². The zero-order valence-electron chi connectivity index (χ0n) is 9.57. The molecule has 3 rings (SSSR count). The average molecular weight is 205 g/mol. The van der Waals surface area contributed by atoms with Crippen LogP contribution in [-0.4, -0.2) is 10.7 Å². The van der Waals surface area contributed by atoms with Gasteiger partial charge in [0.15, 0.2) is 0 Å². The van der Waals surface area contributed by atoms with Gasteiger partial charge in [-0.25, -0.2) is 0 Å². The standard InChI is InChI=1S/C13H19NO/c1-3-10-6-7-13(12(9-10)15-13)11-5-4-8-14(11)2/h4-5,8,10,12H,3,6-7,9H2,1-2H3/t10-,12+,13-/m1/s1. The third-order valence-electron chi connectivity index (χ3n) is 4.24. The topological polar surface area (TPSA) is 17.5 Å². The lowest BCUT2D eigenvalue weighted by molar-refractivity contribution is 0.273. The van der Waals surface area contributed by atoms with Gasteiger partial charge in [-0.05, 0) is 37.3 Å². The molecule has 1 aromatic rings. The molecule has 3 atom stereocenters. The molecule has 2 heteroatoms. The highest BCUT2D eigenvalue weighted by Crippen LogP contribution is 2.56. The molecule has 15 heavy (non-hydrogen) atoms. The maximum Gasteiger partial charge on any atom is 0.134 e. The minimum atomic E-state index is 0.101. The van der Waals surface area contributed by atoms with Crippen molar-refractivity contribution in [3.8, 4) is 0 Å². The smallest absolute Gasteiger partial charge is 0.134 e. The second-order valence-corrected chi connectivity index (χ2v) is 5.05. The predicted molar refractivity (Wildman–Crippen MR) is 59.6 cm³/mol. The quantitative estimate of drug-likeness (QED) is 0.679. The molecule has 2 fully saturated rings. The average Bonchev–Trinajstić information content (AvgIpc) is 2.83. The van der Waals surface area contributed by atoms with Gasteiger partial charge in [-0.3, -0.25) is 0 Å². The number of epoxide rings is 1. The normalized spacial score (nSPS) is 38.8. The van der Waals surface area contributed by atoms with Gasteiger partial charge in [-0.1, -0.05) is 13.3 Å².